The lowest BCUT2D eigenvalue weighted by atomic mass is 9.93. The van der Waals surface area contributed by atoms with Crippen LogP contribution in [0.15, 0.2) is 0 Å². The fraction of sp³-hybridized carbons (Fsp3) is 0.818. The molecular weight excluding hydrogens is 452 g/mol. The van der Waals surface area contributed by atoms with Crippen molar-refractivity contribution in [2.75, 3.05) is 0 Å². The monoisotopic (exact) mass is 464 g/mol. The number of hydrogen-bond donors (Lipinski definition) is 2. The molecule has 0 aliphatic rings. The van der Waals surface area contributed by atoms with Gasteiger partial charge in [-0.3, -0.25) is 0 Å². The van der Waals surface area contributed by atoms with E-state index in [1.54, 1.807) is 0 Å². The molecule has 0 rings (SSSR count). The van der Waals surface area contributed by atoms with E-state index in [-0.39, 0.29) is 20.8 Å². The second-order valence-corrected chi connectivity index (χ2v) is 5.74. The van der Waals surface area contributed by atoms with Crippen molar-refractivity contribution in [3.8, 4) is 0 Å². The van der Waals surface area contributed by atoms with Crippen LogP contribution in [0.3, 0.4) is 0 Å². The normalized spacial score (nSPS) is 19.1. The summed E-state index contributed by atoms with van der Waals surface area (Å²) in [7, 11) is 0. The van der Waals surface area contributed by atoms with Crippen LogP contribution < -0.4 is 0 Å². The number of aliphatic carboxylic acids is 2. The molecule has 0 aromatic rings. The first kappa shape index (κ1) is 29.2. The van der Waals surface area contributed by atoms with E-state index in [1.807, 2.05) is 0 Å². The van der Waals surface area contributed by atoms with Gasteiger partial charge in [0, 0.05) is 0 Å². The van der Waals surface area contributed by atoms with Crippen molar-refractivity contribution in [1.29, 1.82) is 0 Å². The number of rotatable bonds is 8. The highest BCUT2D eigenvalue weighted by molar-refractivity contribution is 5.78. The van der Waals surface area contributed by atoms with Gasteiger partial charge in [-0.1, -0.05) is 17.9 Å². The van der Waals surface area contributed by atoms with Crippen molar-refractivity contribution >= 4 is 11.9 Å². The number of hydrogen-bond acceptors (Lipinski definition) is 4. The zero-order chi connectivity index (χ0) is 24.4. The Morgan fingerprint density at radius 2 is 1.00 bits per heavy atom. The quantitative estimate of drug-likeness (QED) is 0.321. The maximum absolute atomic E-state index is 12.9. The minimum Gasteiger partial charge on any atom is -0.478 e. The molecule has 3 atom stereocenters. The highest BCUT2D eigenvalue weighted by atomic mass is 19.4. The second-order valence-electron chi connectivity index (χ2n) is 5.74. The summed E-state index contributed by atoms with van der Waals surface area (Å²) < 4.78 is 147. The minimum absolute atomic E-state index is 0.0910. The third-order valence-corrected chi connectivity index (χ3v) is 3.25. The molecule has 6 nitrogen and oxygen atoms in total. The van der Waals surface area contributed by atoms with Crippen LogP contribution in [-0.2, 0) is 9.59 Å². The van der Waals surface area contributed by atoms with Crippen LogP contribution in [0.4, 0.5) is 53.0 Å². The molecule has 1 unspecified atom stereocenters. The largest absolute Gasteiger partial charge is 0.478 e. The van der Waals surface area contributed by atoms with Crippen LogP contribution in [0.2, 0.25) is 0 Å². The van der Waals surface area contributed by atoms with Crippen LogP contribution >= 0.6 is 0 Å². The van der Waals surface area contributed by atoms with Crippen LogP contribution in [0.5, 0.6) is 0 Å². The predicted molar refractivity (Wildman–Crippen MR) is 66.7 cm³/mol. The van der Waals surface area contributed by atoms with Gasteiger partial charge in [0.2, 0.25) is 5.67 Å². The van der Waals surface area contributed by atoms with Crippen LogP contribution in [-0.4, -0.2) is 68.1 Å². The molecular formula is C11H12F12N2O4. The Bertz CT molecular complexity index is 597. The average molecular weight is 464 g/mol. The topological polar surface area (TPSA) is 81.1 Å². The SMILES string of the molecule is CC(C)(F)C(F)(F)[C@@](F)(C(=O)O)N(F)F.CC(F)(C(F)F)[C@@](F)(C(=O)O)N(F)F. The number of carboxylic acid groups (broad SMARTS) is 2. The molecule has 0 saturated carbocycles. The van der Waals surface area contributed by atoms with E-state index in [4.69, 9.17) is 10.2 Å². The third kappa shape index (κ3) is 4.96. The minimum atomic E-state index is -5.42. The molecule has 0 fully saturated rings. The lowest BCUT2D eigenvalue weighted by Crippen LogP contribution is -2.64. The summed E-state index contributed by atoms with van der Waals surface area (Å²) in [5.41, 5.74) is -8.29. The number of halogens is 12. The molecule has 29 heavy (non-hydrogen) atoms. The van der Waals surface area contributed by atoms with Gasteiger partial charge in [0.25, 0.3) is 6.43 Å². The molecule has 0 radical (unpaired) electrons. The van der Waals surface area contributed by atoms with Gasteiger partial charge in [0.1, 0.15) is 0 Å². The van der Waals surface area contributed by atoms with Crippen molar-refractivity contribution in [2.45, 2.75) is 56.0 Å². The summed E-state index contributed by atoms with van der Waals surface area (Å²) in [5, 5.41) is 10.3. The summed E-state index contributed by atoms with van der Waals surface area (Å²) in [4.78, 5) is 20.0. The Hall–Kier alpha value is -1.98. The zero-order valence-electron chi connectivity index (χ0n) is 14.2. The molecule has 18 heteroatoms. The summed E-state index contributed by atoms with van der Waals surface area (Å²) in [6.07, 6.45) is -4.21. The van der Waals surface area contributed by atoms with Gasteiger partial charge in [-0.05, 0) is 20.8 Å². The molecule has 0 aliphatic carbocycles. The number of carboxylic acids is 2. The Labute approximate surface area is 153 Å². The smallest absolute Gasteiger partial charge is 0.381 e. The van der Waals surface area contributed by atoms with E-state index in [1.165, 1.54) is 0 Å². The Balaban J connectivity index is 0. The van der Waals surface area contributed by atoms with Crippen molar-refractivity contribution in [2.24, 2.45) is 0 Å². The van der Waals surface area contributed by atoms with Crippen LogP contribution in [0, 0.1) is 0 Å². The van der Waals surface area contributed by atoms with Crippen molar-refractivity contribution in [1.82, 2.24) is 10.7 Å². The van der Waals surface area contributed by atoms with Gasteiger partial charge in [-0.25, -0.2) is 35.9 Å². The Kier molecular flexibility index (Phi) is 8.87. The fourth-order valence-corrected chi connectivity index (χ4v) is 1.30. The number of nitrogens with zero attached hydrogens (tertiary/aromatic N) is 2. The fourth-order valence-electron chi connectivity index (χ4n) is 1.30. The van der Waals surface area contributed by atoms with Crippen molar-refractivity contribution in [3.63, 3.8) is 0 Å². The highest BCUT2D eigenvalue weighted by Crippen LogP contribution is 2.45. The van der Waals surface area contributed by atoms with Crippen LogP contribution in [0.25, 0.3) is 0 Å². The third-order valence-electron chi connectivity index (χ3n) is 3.25. The summed E-state index contributed by atoms with van der Waals surface area (Å²) in [6, 6.07) is 0. The van der Waals surface area contributed by atoms with Crippen LogP contribution in [0.1, 0.15) is 20.8 Å². The number of carbonyl (C=O) groups is 2. The van der Waals surface area contributed by atoms with E-state index >= 15 is 0 Å². The maximum Gasteiger partial charge on any atom is 0.381 e. The zero-order valence-corrected chi connectivity index (χ0v) is 14.2. The molecule has 0 aromatic heterocycles. The molecule has 0 bridgehead atoms. The Morgan fingerprint density at radius 1 is 0.724 bits per heavy atom. The lowest BCUT2D eigenvalue weighted by Gasteiger charge is -2.34. The van der Waals surface area contributed by atoms with Crippen molar-refractivity contribution < 1.29 is 72.9 Å². The second kappa shape index (κ2) is 8.80. The molecule has 0 amide bonds. The van der Waals surface area contributed by atoms with Gasteiger partial charge in [0.05, 0.1) is 10.7 Å². The van der Waals surface area contributed by atoms with Gasteiger partial charge < -0.3 is 10.2 Å². The molecule has 0 spiro atoms. The molecule has 174 valence electrons. The highest BCUT2D eigenvalue weighted by Gasteiger charge is 2.74. The predicted octanol–water partition coefficient (Wildman–Crippen LogP) is 3.99. The van der Waals surface area contributed by atoms with Gasteiger partial charge in [0.15, 0.2) is 5.67 Å². The molecule has 2 N–H and O–H groups in total. The number of alkyl halides is 8. The molecule has 0 heterocycles. The van der Waals surface area contributed by atoms with Gasteiger partial charge in [-0.15, -0.1) is 0 Å². The summed E-state index contributed by atoms with van der Waals surface area (Å²) in [5.74, 6) is -22.1. The first-order chi connectivity index (χ1) is 12.5. The first-order valence-corrected chi connectivity index (χ1v) is 6.59. The maximum atomic E-state index is 12.9. The van der Waals surface area contributed by atoms with E-state index < -0.39 is 57.9 Å². The summed E-state index contributed by atoms with van der Waals surface area (Å²) in [6.45, 7) is -0.0838. The first-order valence-electron chi connectivity index (χ1n) is 6.59. The standard InChI is InChI=1S/C6H7F6NO2.C5H5F6NO2/c1-4(2,7)6(9,10)5(8,3(14)15)13(11)12;1-4(8,2(6)7)5(9,3(13)14)12(10)11/h1-2H3,(H,14,15);2H,1H3,(H,13,14)/t5-;4?,5-/m11/s1. The van der Waals surface area contributed by atoms with Gasteiger partial charge in [-0.2, -0.15) is 8.78 Å². The van der Waals surface area contributed by atoms with E-state index in [2.05, 4.69) is 0 Å². The van der Waals surface area contributed by atoms with Gasteiger partial charge >= 0.3 is 29.4 Å². The summed E-state index contributed by atoms with van der Waals surface area (Å²) >= 11 is 0. The molecule has 0 aliphatic heterocycles. The van der Waals surface area contributed by atoms with E-state index in [9.17, 15) is 62.6 Å². The lowest BCUT2D eigenvalue weighted by molar-refractivity contribution is -0.355. The van der Waals surface area contributed by atoms with Crippen molar-refractivity contribution in [3.05, 3.63) is 0 Å². The van der Waals surface area contributed by atoms with E-state index in [0.717, 1.165) is 0 Å². The molecule has 0 aromatic carbocycles. The van der Waals surface area contributed by atoms with E-state index in [0.29, 0.717) is 0 Å². The average Bonchev–Trinajstić information content (AvgIpc) is 2.51. The Morgan fingerprint density at radius 3 is 1.07 bits per heavy atom. The molecule has 0 saturated heterocycles.